The highest BCUT2D eigenvalue weighted by Gasteiger charge is 2.26. The van der Waals surface area contributed by atoms with Crippen molar-refractivity contribution in [3.63, 3.8) is 0 Å². The van der Waals surface area contributed by atoms with Crippen LogP contribution in [0.15, 0.2) is 12.3 Å². The summed E-state index contributed by atoms with van der Waals surface area (Å²) in [6, 6.07) is 1.40. The Hall–Kier alpha value is -0.970. The first-order chi connectivity index (χ1) is 6.88. The Morgan fingerprint density at radius 2 is 2.13 bits per heavy atom. The number of pyridine rings is 1. The van der Waals surface area contributed by atoms with E-state index in [1.54, 1.807) is 6.92 Å². The number of ether oxygens (including phenoxy) is 1. The first-order valence-electron chi connectivity index (χ1n) is 4.20. The minimum atomic E-state index is -4.20. The standard InChI is InChI=1S/C9H9ClF3NO/c1-6-5-14-8(10)4-7(6)15-3-2-9(11,12)13/h4-5H,2-3H2,1H3. The largest absolute Gasteiger partial charge is 0.493 e. The predicted octanol–water partition coefficient (Wildman–Crippen LogP) is 3.37. The molecule has 0 atom stereocenters. The van der Waals surface area contributed by atoms with Gasteiger partial charge in [0.15, 0.2) is 0 Å². The molecule has 0 radical (unpaired) electrons. The van der Waals surface area contributed by atoms with Crippen LogP contribution in [0.3, 0.4) is 0 Å². The van der Waals surface area contributed by atoms with Crippen molar-refractivity contribution in [2.75, 3.05) is 6.61 Å². The van der Waals surface area contributed by atoms with Gasteiger partial charge in [0.05, 0.1) is 13.0 Å². The van der Waals surface area contributed by atoms with E-state index in [9.17, 15) is 13.2 Å². The first-order valence-corrected chi connectivity index (χ1v) is 4.58. The quantitative estimate of drug-likeness (QED) is 0.755. The average molecular weight is 240 g/mol. The topological polar surface area (TPSA) is 22.1 Å². The minimum absolute atomic E-state index is 0.197. The summed E-state index contributed by atoms with van der Waals surface area (Å²) in [6.07, 6.45) is -3.73. The average Bonchev–Trinajstić information content (AvgIpc) is 2.09. The van der Waals surface area contributed by atoms with Crippen molar-refractivity contribution < 1.29 is 17.9 Å². The third kappa shape index (κ3) is 4.38. The molecule has 0 aromatic carbocycles. The van der Waals surface area contributed by atoms with Gasteiger partial charge >= 0.3 is 6.18 Å². The second-order valence-corrected chi connectivity index (χ2v) is 3.37. The van der Waals surface area contributed by atoms with Crippen LogP contribution in [0.25, 0.3) is 0 Å². The molecule has 0 aliphatic rings. The Morgan fingerprint density at radius 1 is 1.47 bits per heavy atom. The summed E-state index contributed by atoms with van der Waals surface area (Å²) in [4.78, 5) is 3.76. The van der Waals surface area contributed by atoms with Crippen LogP contribution in [-0.4, -0.2) is 17.8 Å². The summed E-state index contributed by atoms with van der Waals surface area (Å²) in [6.45, 7) is 1.27. The van der Waals surface area contributed by atoms with Gasteiger partial charge < -0.3 is 4.74 Å². The number of rotatable bonds is 3. The van der Waals surface area contributed by atoms with Crippen molar-refractivity contribution >= 4 is 11.6 Å². The van der Waals surface area contributed by atoms with Crippen LogP contribution in [0, 0.1) is 6.92 Å². The summed E-state index contributed by atoms with van der Waals surface area (Å²) in [5.74, 6) is 0.333. The molecule has 1 rings (SSSR count). The maximum Gasteiger partial charge on any atom is 0.392 e. The third-order valence-electron chi connectivity index (χ3n) is 1.66. The molecule has 15 heavy (non-hydrogen) atoms. The molecule has 0 bridgehead atoms. The van der Waals surface area contributed by atoms with E-state index in [0.29, 0.717) is 11.3 Å². The molecule has 0 saturated heterocycles. The maximum absolute atomic E-state index is 11.8. The summed E-state index contributed by atoms with van der Waals surface area (Å²) < 4.78 is 40.4. The van der Waals surface area contributed by atoms with Crippen molar-refractivity contribution in [1.29, 1.82) is 0 Å². The van der Waals surface area contributed by atoms with Gasteiger partial charge in [0.25, 0.3) is 0 Å². The molecular formula is C9H9ClF3NO. The Balaban J connectivity index is 2.54. The monoisotopic (exact) mass is 239 g/mol. The van der Waals surface area contributed by atoms with Gasteiger partial charge in [-0.3, -0.25) is 0 Å². The summed E-state index contributed by atoms with van der Waals surface area (Å²) >= 11 is 5.57. The zero-order chi connectivity index (χ0) is 11.5. The highest BCUT2D eigenvalue weighted by molar-refractivity contribution is 6.29. The lowest BCUT2D eigenvalue weighted by Crippen LogP contribution is -2.13. The number of alkyl halides is 3. The molecule has 6 heteroatoms. The summed E-state index contributed by atoms with van der Waals surface area (Å²) in [7, 11) is 0. The highest BCUT2D eigenvalue weighted by Crippen LogP contribution is 2.23. The zero-order valence-electron chi connectivity index (χ0n) is 7.94. The number of nitrogens with zero attached hydrogens (tertiary/aromatic N) is 1. The lowest BCUT2D eigenvalue weighted by Gasteiger charge is -2.10. The lowest BCUT2D eigenvalue weighted by atomic mass is 10.3. The van der Waals surface area contributed by atoms with Gasteiger partial charge in [0.2, 0.25) is 0 Å². The van der Waals surface area contributed by atoms with E-state index in [2.05, 4.69) is 4.98 Å². The normalized spacial score (nSPS) is 11.5. The van der Waals surface area contributed by atoms with Crippen molar-refractivity contribution in [1.82, 2.24) is 4.98 Å². The van der Waals surface area contributed by atoms with Crippen molar-refractivity contribution in [3.05, 3.63) is 23.0 Å². The van der Waals surface area contributed by atoms with E-state index < -0.39 is 19.2 Å². The van der Waals surface area contributed by atoms with Crippen molar-refractivity contribution in [2.24, 2.45) is 0 Å². The van der Waals surface area contributed by atoms with E-state index in [4.69, 9.17) is 16.3 Å². The molecule has 0 saturated carbocycles. The highest BCUT2D eigenvalue weighted by atomic mass is 35.5. The van der Waals surface area contributed by atoms with Gasteiger partial charge in [-0.05, 0) is 6.92 Å². The number of aromatic nitrogens is 1. The van der Waals surface area contributed by atoms with Gasteiger partial charge in [-0.25, -0.2) is 4.98 Å². The van der Waals surface area contributed by atoms with E-state index in [-0.39, 0.29) is 5.15 Å². The first kappa shape index (κ1) is 12.1. The van der Waals surface area contributed by atoms with E-state index in [1.165, 1.54) is 12.3 Å². The zero-order valence-corrected chi connectivity index (χ0v) is 8.69. The Kier molecular flexibility index (Phi) is 3.79. The van der Waals surface area contributed by atoms with Gasteiger partial charge in [-0.15, -0.1) is 0 Å². The number of halogens is 4. The Morgan fingerprint density at radius 3 is 2.73 bits per heavy atom. The molecule has 1 aromatic rings. The minimum Gasteiger partial charge on any atom is -0.493 e. The van der Waals surface area contributed by atoms with Crippen LogP contribution in [0.1, 0.15) is 12.0 Å². The fourth-order valence-electron chi connectivity index (χ4n) is 0.914. The Bertz CT molecular complexity index is 341. The van der Waals surface area contributed by atoms with Crippen LogP contribution in [0.5, 0.6) is 5.75 Å². The molecule has 0 N–H and O–H groups in total. The fraction of sp³-hybridized carbons (Fsp3) is 0.444. The molecule has 0 aliphatic carbocycles. The third-order valence-corrected chi connectivity index (χ3v) is 1.87. The number of aryl methyl sites for hydroxylation is 1. The smallest absolute Gasteiger partial charge is 0.392 e. The van der Waals surface area contributed by atoms with Gasteiger partial charge in [-0.2, -0.15) is 13.2 Å². The molecular weight excluding hydrogens is 231 g/mol. The molecule has 0 amide bonds. The molecule has 0 unspecified atom stereocenters. The second kappa shape index (κ2) is 4.70. The van der Waals surface area contributed by atoms with Crippen LogP contribution in [0.4, 0.5) is 13.2 Å². The second-order valence-electron chi connectivity index (χ2n) is 2.99. The summed E-state index contributed by atoms with van der Waals surface area (Å²) in [5, 5.41) is 0.197. The molecule has 84 valence electrons. The SMILES string of the molecule is Cc1cnc(Cl)cc1OCCC(F)(F)F. The molecule has 1 heterocycles. The molecule has 2 nitrogen and oxygen atoms in total. The molecule has 0 spiro atoms. The fourth-order valence-corrected chi connectivity index (χ4v) is 1.06. The number of hydrogen-bond acceptors (Lipinski definition) is 2. The van der Waals surface area contributed by atoms with Crippen molar-refractivity contribution in [3.8, 4) is 5.75 Å². The van der Waals surface area contributed by atoms with Gasteiger partial charge in [-0.1, -0.05) is 11.6 Å². The van der Waals surface area contributed by atoms with Gasteiger partial charge in [0, 0.05) is 17.8 Å². The van der Waals surface area contributed by atoms with Crippen LogP contribution in [-0.2, 0) is 0 Å². The predicted molar refractivity (Wildman–Crippen MR) is 50.2 cm³/mol. The van der Waals surface area contributed by atoms with E-state index >= 15 is 0 Å². The van der Waals surface area contributed by atoms with Crippen LogP contribution < -0.4 is 4.74 Å². The molecule has 0 aliphatic heterocycles. The number of hydrogen-bond donors (Lipinski definition) is 0. The Labute approximate surface area is 90.0 Å². The van der Waals surface area contributed by atoms with E-state index in [1.807, 2.05) is 0 Å². The van der Waals surface area contributed by atoms with Gasteiger partial charge in [0.1, 0.15) is 10.9 Å². The van der Waals surface area contributed by atoms with Crippen LogP contribution in [0.2, 0.25) is 5.15 Å². The summed E-state index contributed by atoms with van der Waals surface area (Å²) in [5.41, 5.74) is 0.654. The molecule has 0 fully saturated rings. The lowest BCUT2D eigenvalue weighted by molar-refractivity contribution is -0.139. The maximum atomic E-state index is 11.8. The van der Waals surface area contributed by atoms with Crippen molar-refractivity contribution in [2.45, 2.75) is 19.5 Å². The van der Waals surface area contributed by atoms with E-state index in [0.717, 1.165) is 0 Å². The van der Waals surface area contributed by atoms with Crippen LogP contribution >= 0.6 is 11.6 Å². The molecule has 1 aromatic heterocycles.